The number of aliphatic imine (C=N–C) groups is 1. The van der Waals surface area contributed by atoms with Crippen molar-refractivity contribution in [1.29, 1.82) is 0 Å². The summed E-state index contributed by atoms with van der Waals surface area (Å²) < 4.78 is 0. The van der Waals surface area contributed by atoms with Gasteiger partial charge in [-0.3, -0.25) is 9.89 Å². The van der Waals surface area contributed by atoms with Gasteiger partial charge in [0, 0.05) is 57.5 Å². The van der Waals surface area contributed by atoms with Crippen LogP contribution in [0.15, 0.2) is 29.3 Å². The highest BCUT2D eigenvalue weighted by Gasteiger charge is 2.31. The molecule has 0 spiro atoms. The molecule has 2 heterocycles. The summed E-state index contributed by atoms with van der Waals surface area (Å²) in [5.41, 5.74) is 1.94. The van der Waals surface area contributed by atoms with E-state index in [4.69, 9.17) is 0 Å². The van der Waals surface area contributed by atoms with E-state index in [1.165, 1.54) is 0 Å². The number of anilines is 1. The molecule has 2 aliphatic heterocycles. The molecule has 1 aromatic rings. The SMILES string of the molecule is CN=C(NCc1cccc(NC(=O)N2CCCC2)c1)NC1CN(C(C)C)CC1C. The van der Waals surface area contributed by atoms with Crippen LogP contribution in [-0.4, -0.2) is 67.1 Å². The molecule has 2 amide bonds. The number of urea groups is 1. The lowest BCUT2D eigenvalue weighted by molar-refractivity contribution is 0.222. The van der Waals surface area contributed by atoms with Crippen molar-refractivity contribution < 1.29 is 4.79 Å². The first kappa shape index (κ1) is 21.4. The van der Waals surface area contributed by atoms with E-state index in [9.17, 15) is 4.79 Å². The van der Waals surface area contributed by atoms with Crippen LogP contribution in [0.3, 0.4) is 0 Å². The molecule has 2 fully saturated rings. The highest BCUT2D eigenvalue weighted by atomic mass is 16.2. The summed E-state index contributed by atoms with van der Waals surface area (Å²) in [5.74, 6) is 1.40. The number of nitrogens with zero attached hydrogens (tertiary/aromatic N) is 3. The monoisotopic (exact) mass is 400 g/mol. The standard InChI is InChI=1S/C22H36N6O/c1-16(2)28-14-17(3)20(15-28)26-21(23-4)24-13-18-8-7-9-19(12-18)25-22(29)27-10-5-6-11-27/h7-9,12,16-17,20H,5-6,10-11,13-15H2,1-4H3,(H,25,29)(H2,23,24,26). The van der Waals surface area contributed by atoms with Gasteiger partial charge in [0.15, 0.2) is 5.96 Å². The number of amides is 2. The summed E-state index contributed by atoms with van der Waals surface area (Å²) in [4.78, 5) is 21.1. The van der Waals surface area contributed by atoms with Crippen LogP contribution >= 0.6 is 0 Å². The Morgan fingerprint density at radius 2 is 2.00 bits per heavy atom. The van der Waals surface area contributed by atoms with Crippen LogP contribution in [0, 0.1) is 5.92 Å². The molecule has 0 aliphatic carbocycles. The number of likely N-dealkylation sites (tertiary alicyclic amines) is 2. The van der Waals surface area contributed by atoms with Gasteiger partial charge >= 0.3 is 6.03 Å². The molecule has 7 nitrogen and oxygen atoms in total. The van der Waals surface area contributed by atoms with Gasteiger partial charge in [-0.05, 0) is 50.3 Å². The van der Waals surface area contributed by atoms with Gasteiger partial charge in [-0.25, -0.2) is 4.79 Å². The first-order chi connectivity index (χ1) is 14.0. The minimum atomic E-state index is -0.00462. The average Bonchev–Trinajstić information content (AvgIpc) is 3.36. The van der Waals surface area contributed by atoms with Gasteiger partial charge in [-0.15, -0.1) is 0 Å². The Bertz CT molecular complexity index is 713. The number of guanidine groups is 1. The maximum absolute atomic E-state index is 12.3. The highest BCUT2D eigenvalue weighted by molar-refractivity contribution is 5.89. The van der Waals surface area contributed by atoms with Crippen molar-refractivity contribution in [2.75, 3.05) is 38.5 Å². The van der Waals surface area contributed by atoms with Crippen LogP contribution in [0.1, 0.15) is 39.2 Å². The molecule has 0 aromatic heterocycles. The summed E-state index contributed by atoms with van der Waals surface area (Å²) in [6.07, 6.45) is 2.19. The smallest absolute Gasteiger partial charge is 0.321 e. The third kappa shape index (κ3) is 5.85. The number of carbonyl (C=O) groups excluding carboxylic acids is 1. The van der Waals surface area contributed by atoms with Crippen LogP contribution < -0.4 is 16.0 Å². The van der Waals surface area contributed by atoms with Crippen LogP contribution in [0.4, 0.5) is 10.5 Å². The second-order valence-electron chi connectivity index (χ2n) is 8.53. The zero-order valence-corrected chi connectivity index (χ0v) is 18.2. The second kappa shape index (κ2) is 9.96. The first-order valence-corrected chi connectivity index (χ1v) is 10.8. The Labute approximate surface area is 174 Å². The summed E-state index contributed by atoms with van der Waals surface area (Å²) in [6.45, 7) is 11.3. The van der Waals surface area contributed by atoms with E-state index in [0.29, 0.717) is 24.5 Å². The Balaban J connectivity index is 1.51. The molecule has 3 N–H and O–H groups in total. The zero-order valence-electron chi connectivity index (χ0n) is 18.2. The topological polar surface area (TPSA) is 72.0 Å². The maximum atomic E-state index is 12.3. The molecule has 0 saturated carbocycles. The normalized spacial score (nSPS) is 22.9. The van der Waals surface area contributed by atoms with E-state index in [2.05, 4.69) is 52.7 Å². The molecular weight excluding hydrogens is 364 g/mol. The lowest BCUT2D eigenvalue weighted by Gasteiger charge is -2.22. The Hall–Kier alpha value is -2.28. The number of carbonyl (C=O) groups is 1. The van der Waals surface area contributed by atoms with E-state index in [-0.39, 0.29) is 6.03 Å². The fourth-order valence-corrected chi connectivity index (χ4v) is 4.05. The molecule has 2 saturated heterocycles. The molecule has 2 unspecified atom stereocenters. The van der Waals surface area contributed by atoms with Gasteiger partial charge in [-0.2, -0.15) is 0 Å². The Morgan fingerprint density at radius 1 is 1.24 bits per heavy atom. The molecule has 1 aromatic carbocycles. The summed E-state index contributed by atoms with van der Waals surface area (Å²) in [6, 6.07) is 8.96. The molecule has 7 heteroatoms. The van der Waals surface area contributed by atoms with Gasteiger partial charge < -0.3 is 20.9 Å². The molecular formula is C22H36N6O. The molecule has 2 atom stereocenters. The minimum Gasteiger partial charge on any atom is -0.352 e. The minimum absolute atomic E-state index is 0.00462. The van der Waals surface area contributed by atoms with E-state index >= 15 is 0 Å². The molecule has 2 aliphatic rings. The van der Waals surface area contributed by atoms with Crippen LogP contribution in [-0.2, 0) is 6.54 Å². The van der Waals surface area contributed by atoms with Crippen LogP contribution in [0.25, 0.3) is 0 Å². The van der Waals surface area contributed by atoms with Gasteiger partial charge in [0.25, 0.3) is 0 Å². The zero-order chi connectivity index (χ0) is 20.8. The maximum Gasteiger partial charge on any atom is 0.321 e. The third-order valence-electron chi connectivity index (χ3n) is 5.95. The van der Waals surface area contributed by atoms with Crippen LogP contribution in [0.2, 0.25) is 0 Å². The predicted octanol–water partition coefficient (Wildman–Crippen LogP) is 2.71. The summed E-state index contributed by atoms with van der Waals surface area (Å²) in [7, 11) is 1.81. The van der Waals surface area contributed by atoms with Crippen molar-refractivity contribution in [2.24, 2.45) is 10.9 Å². The van der Waals surface area contributed by atoms with Crippen molar-refractivity contribution >= 4 is 17.7 Å². The molecule has 3 rings (SSSR count). The van der Waals surface area contributed by atoms with Gasteiger partial charge in [-0.1, -0.05) is 19.1 Å². The van der Waals surface area contributed by atoms with Crippen molar-refractivity contribution in [3.63, 3.8) is 0 Å². The first-order valence-electron chi connectivity index (χ1n) is 10.8. The molecule has 160 valence electrons. The predicted molar refractivity (Wildman–Crippen MR) is 119 cm³/mol. The van der Waals surface area contributed by atoms with Crippen molar-refractivity contribution in [2.45, 2.75) is 52.2 Å². The van der Waals surface area contributed by atoms with E-state index in [0.717, 1.165) is 56.2 Å². The molecule has 0 radical (unpaired) electrons. The lowest BCUT2D eigenvalue weighted by Crippen LogP contribution is -2.46. The largest absolute Gasteiger partial charge is 0.352 e. The molecule has 0 bridgehead atoms. The number of nitrogens with one attached hydrogen (secondary N) is 3. The molecule has 29 heavy (non-hydrogen) atoms. The second-order valence-corrected chi connectivity index (χ2v) is 8.53. The Kier molecular flexibility index (Phi) is 7.36. The van der Waals surface area contributed by atoms with Gasteiger partial charge in [0.1, 0.15) is 0 Å². The highest BCUT2D eigenvalue weighted by Crippen LogP contribution is 2.19. The van der Waals surface area contributed by atoms with Gasteiger partial charge in [0.05, 0.1) is 0 Å². The average molecular weight is 401 g/mol. The lowest BCUT2D eigenvalue weighted by atomic mass is 10.1. The number of hydrogen-bond donors (Lipinski definition) is 3. The third-order valence-corrected chi connectivity index (χ3v) is 5.95. The Morgan fingerprint density at radius 3 is 2.66 bits per heavy atom. The summed E-state index contributed by atoms with van der Waals surface area (Å²) >= 11 is 0. The fraction of sp³-hybridized carbons (Fsp3) is 0.636. The summed E-state index contributed by atoms with van der Waals surface area (Å²) in [5, 5.41) is 10.00. The van der Waals surface area contributed by atoms with E-state index in [1.54, 1.807) is 0 Å². The number of benzene rings is 1. The van der Waals surface area contributed by atoms with E-state index in [1.807, 2.05) is 30.1 Å². The van der Waals surface area contributed by atoms with Crippen molar-refractivity contribution in [3.05, 3.63) is 29.8 Å². The number of rotatable bonds is 5. The van der Waals surface area contributed by atoms with Crippen LogP contribution in [0.5, 0.6) is 0 Å². The number of hydrogen-bond acceptors (Lipinski definition) is 3. The van der Waals surface area contributed by atoms with E-state index < -0.39 is 0 Å². The quantitative estimate of drug-likeness (QED) is 0.525. The fourth-order valence-electron chi connectivity index (χ4n) is 4.05. The van der Waals surface area contributed by atoms with Gasteiger partial charge in [0.2, 0.25) is 0 Å². The van der Waals surface area contributed by atoms with Crippen molar-refractivity contribution in [3.8, 4) is 0 Å². The van der Waals surface area contributed by atoms with Crippen molar-refractivity contribution in [1.82, 2.24) is 20.4 Å².